The van der Waals surface area contributed by atoms with Crippen molar-refractivity contribution >= 4 is 23.2 Å². The fourth-order valence-electron chi connectivity index (χ4n) is 1.50. The molecular formula is C13H15N3O4S. The number of nitrogens with one attached hydrogen (secondary N) is 1. The molecule has 0 saturated heterocycles. The summed E-state index contributed by atoms with van der Waals surface area (Å²) in [6.45, 7) is 4.10. The third-order valence-electron chi connectivity index (χ3n) is 2.54. The van der Waals surface area contributed by atoms with Crippen LogP contribution in [0.5, 0.6) is 0 Å². The number of hydrogen-bond donors (Lipinski definition) is 1. The highest BCUT2D eigenvalue weighted by Crippen LogP contribution is 2.11. The monoisotopic (exact) mass is 309 g/mol. The average Bonchev–Trinajstić information content (AvgIpc) is 3.14. The maximum atomic E-state index is 11.9. The summed E-state index contributed by atoms with van der Waals surface area (Å²) in [5.41, 5.74) is 0.172. The smallest absolute Gasteiger partial charge is 0.367 e. The van der Waals surface area contributed by atoms with Crippen LogP contribution in [0.2, 0.25) is 0 Å². The van der Waals surface area contributed by atoms with Gasteiger partial charge in [-0.05, 0) is 6.92 Å². The van der Waals surface area contributed by atoms with Gasteiger partial charge >= 0.3 is 5.97 Å². The Balaban J connectivity index is 1.92. The number of aromatic nitrogens is 2. The molecule has 8 heteroatoms. The SMILES string of the molecule is CCOC(=O)c1nc(C(=O)NCc2ncc(CC)o2)cs1. The van der Waals surface area contributed by atoms with Gasteiger partial charge in [-0.25, -0.2) is 14.8 Å². The molecule has 0 atom stereocenters. The average molecular weight is 309 g/mol. The number of amides is 1. The van der Waals surface area contributed by atoms with E-state index in [1.165, 1.54) is 5.38 Å². The van der Waals surface area contributed by atoms with E-state index < -0.39 is 11.9 Å². The molecule has 2 aromatic heterocycles. The summed E-state index contributed by atoms with van der Waals surface area (Å²) in [7, 11) is 0. The zero-order chi connectivity index (χ0) is 15.2. The molecule has 1 amide bonds. The van der Waals surface area contributed by atoms with Crippen molar-refractivity contribution in [3.8, 4) is 0 Å². The minimum atomic E-state index is -0.526. The normalized spacial score (nSPS) is 10.4. The Morgan fingerprint density at radius 2 is 2.24 bits per heavy atom. The van der Waals surface area contributed by atoms with Crippen LogP contribution in [0.1, 0.15) is 45.8 Å². The number of hydrogen-bond acceptors (Lipinski definition) is 7. The van der Waals surface area contributed by atoms with Gasteiger partial charge < -0.3 is 14.5 Å². The van der Waals surface area contributed by atoms with Gasteiger partial charge in [-0.2, -0.15) is 0 Å². The molecule has 7 nitrogen and oxygen atoms in total. The van der Waals surface area contributed by atoms with Crippen molar-refractivity contribution in [1.82, 2.24) is 15.3 Å². The first-order valence-corrected chi connectivity index (χ1v) is 7.36. The first kappa shape index (κ1) is 15.2. The van der Waals surface area contributed by atoms with Gasteiger partial charge in [0.15, 0.2) is 0 Å². The van der Waals surface area contributed by atoms with Gasteiger partial charge in [0.25, 0.3) is 5.91 Å². The Labute approximate surface area is 125 Å². The number of carbonyl (C=O) groups is 2. The van der Waals surface area contributed by atoms with E-state index in [1.54, 1.807) is 13.1 Å². The Hall–Kier alpha value is -2.22. The van der Waals surface area contributed by atoms with E-state index in [9.17, 15) is 9.59 Å². The largest absolute Gasteiger partial charge is 0.461 e. The second-order valence-corrected chi connectivity index (χ2v) is 4.87. The lowest BCUT2D eigenvalue weighted by molar-refractivity contribution is 0.0526. The summed E-state index contributed by atoms with van der Waals surface area (Å²) in [6.07, 6.45) is 2.37. The summed E-state index contributed by atoms with van der Waals surface area (Å²) in [4.78, 5) is 31.3. The third kappa shape index (κ3) is 3.88. The van der Waals surface area contributed by atoms with E-state index in [-0.39, 0.29) is 23.9 Å². The van der Waals surface area contributed by atoms with Crippen LogP contribution >= 0.6 is 11.3 Å². The Morgan fingerprint density at radius 1 is 1.43 bits per heavy atom. The second-order valence-electron chi connectivity index (χ2n) is 4.01. The lowest BCUT2D eigenvalue weighted by Gasteiger charge is -1.99. The zero-order valence-electron chi connectivity index (χ0n) is 11.7. The van der Waals surface area contributed by atoms with E-state index in [1.807, 2.05) is 6.92 Å². The molecule has 0 aromatic carbocycles. The van der Waals surface area contributed by atoms with Crippen molar-refractivity contribution in [2.24, 2.45) is 0 Å². The van der Waals surface area contributed by atoms with Crippen molar-refractivity contribution in [2.75, 3.05) is 6.61 Å². The highest BCUT2D eigenvalue weighted by atomic mass is 32.1. The fourth-order valence-corrected chi connectivity index (χ4v) is 2.19. The van der Waals surface area contributed by atoms with Gasteiger partial charge in [0.1, 0.15) is 11.5 Å². The molecule has 0 bridgehead atoms. The second kappa shape index (κ2) is 6.98. The van der Waals surface area contributed by atoms with Gasteiger partial charge in [-0.15, -0.1) is 11.3 Å². The van der Waals surface area contributed by atoms with Crippen LogP contribution in [-0.4, -0.2) is 28.5 Å². The van der Waals surface area contributed by atoms with Gasteiger partial charge in [0.05, 0.1) is 19.3 Å². The quantitative estimate of drug-likeness (QED) is 0.818. The Kier molecular flexibility index (Phi) is 5.04. The molecule has 2 aromatic rings. The molecule has 0 aliphatic rings. The number of oxazole rings is 1. The van der Waals surface area contributed by atoms with E-state index in [4.69, 9.17) is 9.15 Å². The minimum absolute atomic E-state index is 0.159. The number of aryl methyl sites for hydroxylation is 1. The number of ether oxygens (including phenoxy) is 1. The molecule has 0 aliphatic carbocycles. The number of nitrogens with zero attached hydrogens (tertiary/aromatic N) is 2. The van der Waals surface area contributed by atoms with E-state index >= 15 is 0 Å². The highest BCUT2D eigenvalue weighted by molar-refractivity contribution is 7.11. The van der Waals surface area contributed by atoms with Gasteiger partial charge in [0.2, 0.25) is 10.9 Å². The Morgan fingerprint density at radius 3 is 2.90 bits per heavy atom. The molecule has 112 valence electrons. The summed E-state index contributed by atoms with van der Waals surface area (Å²) in [5, 5.41) is 4.30. The van der Waals surface area contributed by atoms with E-state index in [2.05, 4.69) is 15.3 Å². The molecular weight excluding hydrogens is 294 g/mol. The molecule has 1 N–H and O–H groups in total. The van der Waals surface area contributed by atoms with Crippen LogP contribution in [0.15, 0.2) is 16.0 Å². The highest BCUT2D eigenvalue weighted by Gasteiger charge is 2.16. The van der Waals surface area contributed by atoms with Crippen LogP contribution in [0, 0.1) is 0 Å². The number of carbonyl (C=O) groups excluding carboxylic acids is 2. The maximum Gasteiger partial charge on any atom is 0.367 e. The maximum absolute atomic E-state index is 11.9. The van der Waals surface area contributed by atoms with Crippen molar-refractivity contribution in [3.05, 3.63) is 33.9 Å². The molecule has 0 aliphatic heterocycles. The molecule has 0 fully saturated rings. The summed E-state index contributed by atoms with van der Waals surface area (Å²) in [6, 6.07) is 0. The van der Waals surface area contributed by atoms with Crippen LogP contribution in [0.25, 0.3) is 0 Å². The zero-order valence-corrected chi connectivity index (χ0v) is 12.5. The van der Waals surface area contributed by atoms with Crippen LogP contribution < -0.4 is 5.32 Å². The van der Waals surface area contributed by atoms with Gasteiger partial charge in [0, 0.05) is 11.8 Å². The molecule has 21 heavy (non-hydrogen) atoms. The number of thiazole rings is 1. The third-order valence-corrected chi connectivity index (χ3v) is 3.36. The van der Waals surface area contributed by atoms with E-state index in [0.717, 1.165) is 23.5 Å². The summed E-state index contributed by atoms with van der Waals surface area (Å²) >= 11 is 1.07. The lowest BCUT2D eigenvalue weighted by Crippen LogP contribution is -2.23. The van der Waals surface area contributed by atoms with Gasteiger partial charge in [-0.3, -0.25) is 4.79 Å². The van der Waals surface area contributed by atoms with Crippen molar-refractivity contribution in [2.45, 2.75) is 26.8 Å². The Bertz CT molecular complexity index is 635. The summed E-state index contributed by atoms with van der Waals surface area (Å²) in [5.74, 6) is 0.276. The van der Waals surface area contributed by atoms with Crippen LogP contribution in [-0.2, 0) is 17.7 Å². The van der Waals surface area contributed by atoms with Crippen LogP contribution in [0.4, 0.5) is 0 Å². The molecule has 0 spiro atoms. The molecule has 0 unspecified atom stereocenters. The van der Waals surface area contributed by atoms with E-state index in [0.29, 0.717) is 5.89 Å². The standard InChI is InChI=1S/C13H15N3O4S/c1-3-8-5-14-10(20-8)6-15-11(17)9-7-21-12(16-9)13(18)19-4-2/h5,7H,3-4,6H2,1-2H3,(H,15,17). The molecule has 2 rings (SSSR count). The first-order valence-electron chi connectivity index (χ1n) is 6.48. The first-order chi connectivity index (χ1) is 10.1. The minimum Gasteiger partial charge on any atom is -0.461 e. The fraction of sp³-hybridized carbons (Fsp3) is 0.385. The van der Waals surface area contributed by atoms with Crippen molar-refractivity contribution in [1.29, 1.82) is 0 Å². The molecule has 0 saturated carbocycles. The number of rotatable bonds is 6. The van der Waals surface area contributed by atoms with Gasteiger partial charge in [-0.1, -0.05) is 6.92 Å². The van der Waals surface area contributed by atoms with Crippen LogP contribution in [0.3, 0.4) is 0 Å². The molecule has 0 radical (unpaired) electrons. The predicted molar refractivity (Wildman–Crippen MR) is 75.1 cm³/mol. The predicted octanol–water partition coefficient (Wildman–Crippen LogP) is 1.80. The lowest BCUT2D eigenvalue weighted by atomic mass is 10.4. The topological polar surface area (TPSA) is 94.3 Å². The summed E-state index contributed by atoms with van der Waals surface area (Å²) < 4.78 is 10.2. The van der Waals surface area contributed by atoms with Crippen molar-refractivity contribution in [3.63, 3.8) is 0 Å². The van der Waals surface area contributed by atoms with Crippen molar-refractivity contribution < 1.29 is 18.7 Å². The molecule has 2 heterocycles. The number of esters is 1.